The van der Waals surface area contributed by atoms with Crippen LogP contribution in [-0.2, 0) is 14.3 Å². The fourth-order valence-electron chi connectivity index (χ4n) is 2.39. The minimum Gasteiger partial charge on any atom is -0.494 e. The van der Waals surface area contributed by atoms with Gasteiger partial charge in [-0.05, 0) is 38.1 Å². The van der Waals surface area contributed by atoms with Crippen LogP contribution in [0.2, 0.25) is 0 Å². The molecule has 0 saturated carbocycles. The average Bonchev–Trinajstić information content (AvgIpc) is 2.49. The Balaban J connectivity index is 1.91. The molecule has 1 fully saturated rings. The highest BCUT2D eigenvalue weighted by molar-refractivity contribution is 5.79. The molecule has 2 unspecified atom stereocenters. The van der Waals surface area contributed by atoms with Crippen molar-refractivity contribution in [2.45, 2.75) is 39.0 Å². The van der Waals surface area contributed by atoms with Crippen molar-refractivity contribution in [1.82, 2.24) is 10.6 Å². The quantitative estimate of drug-likeness (QED) is 0.654. The van der Waals surface area contributed by atoms with Crippen molar-refractivity contribution in [1.29, 1.82) is 0 Å². The number of amides is 1. The van der Waals surface area contributed by atoms with Crippen molar-refractivity contribution >= 4 is 17.6 Å². The van der Waals surface area contributed by atoms with Crippen molar-refractivity contribution in [2.75, 3.05) is 18.5 Å². The molecule has 23 heavy (non-hydrogen) atoms. The lowest BCUT2D eigenvalue weighted by Crippen LogP contribution is -2.60. The van der Waals surface area contributed by atoms with Gasteiger partial charge in [0.2, 0.25) is 5.91 Å². The summed E-state index contributed by atoms with van der Waals surface area (Å²) in [6.45, 7) is 4.64. The molecule has 2 atom stereocenters. The van der Waals surface area contributed by atoms with Crippen molar-refractivity contribution < 1.29 is 19.1 Å². The number of anilines is 1. The molecule has 0 aromatic heterocycles. The van der Waals surface area contributed by atoms with Gasteiger partial charge in [0.05, 0.1) is 19.6 Å². The molecule has 7 nitrogen and oxygen atoms in total. The van der Waals surface area contributed by atoms with Gasteiger partial charge in [-0.2, -0.15) is 0 Å². The van der Waals surface area contributed by atoms with Gasteiger partial charge in [-0.1, -0.05) is 0 Å². The first kappa shape index (κ1) is 17.1. The second-order valence-electron chi connectivity index (χ2n) is 5.18. The van der Waals surface area contributed by atoms with Gasteiger partial charge in [0.15, 0.2) is 6.29 Å². The molecule has 126 valence electrons. The Kier molecular flexibility index (Phi) is 6.22. The van der Waals surface area contributed by atoms with Crippen LogP contribution in [0.15, 0.2) is 24.3 Å². The van der Waals surface area contributed by atoms with Crippen LogP contribution in [-0.4, -0.2) is 37.4 Å². The number of nitrogens with one attached hydrogen (secondary N) is 3. The average molecular weight is 321 g/mol. The Morgan fingerprint density at radius 3 is 2.65 bits per heavy atom. The molecule has 1 aliphatic rings. The van der Waals surface area contributed by atoms with Gasteiger partial charge in [-0.3, -0.25) is 14.9 Å². The Labute approximate surface area is 135 Å². The molecule has 1 aromatic rings. The minimum absolute atomic E-state index is 0.110. The van der Waals surface area contributed by atoms with Crippen LogP contribution in [0.5, 0.6) is 5.75 Å². The maximum atomic E-state index is 11.8. The summed E-state index contributed by atoms with van der Waals surface area (Å²) in [6.07, 6.45) is -0.0168. The molecular formula is C16H23N3O4. The number of hydrogen-bond donors (Lipinski definition) is 3. The summed E-state index contributed by atoms with van der Waals surface area (Å²) in [4.78, 5) is 23.3. The van der Waals surface area contributed by atoms with Crippen LogP contribution >= 0.6 is 0 Å². The summed E-state index contributed by atoms with van der Waals surface area (Å²) in [7, 11) is 0. The Morgan fingerprint density at radius 2 is 2.00 bits per heavy atom. The lowest BCUT2D eigenvalue weighted by atomic mass is 10.1. The molecule has 1 aliphatic heterocycles. The van der Waals surface area contributed by atoms with E-state index in [0.717, 1.165) is 11.4 Å². The zero-order valence-electron chi connectivity index (χ0n) is 13.4. The van der Waals surface area contributed by atoms with Gasteiger partial charge in [-0.25, -0.2) is 0 Å². The van der Waals surface area contributed by atoms with E-state index < -0.39 is 6.29 Å². The maximum absolute atomic E-state index is 11.8. The van der Waals surface area contributed by atoms with E-state index in [1.54, 1.807) is 6.92 Å². The normalized spacial score (nSPS) is 20.5. The third-order valence-corrected chi connectivity index (χ3v) is 3.33. The molecule has 3 N–H and O–H groups in total. The Morgan fingerprint density at radius 1 is 1.26 bits per heavy atom. The summed E-state index contributed by atoms with van der Waals surface area (Å²) >= 11 is 0. The van der Waals surface area contributed by atoms with E-state index in [2.05, 4.69) is 16.0 Å². The zero-order chi connectivity index (χ0) is 16.7. The number of benzene rings is 1. The van der Waals surface area contributed by atoms with Gasteiger partial charge >= 0.3 is 5.97 Å². The topological polar surface area (TPSA) is 88.7 Å². The number of carbonyl (C=O) groups is 2. The highest BCUT2D eigenvalue weighted by Gasteiger charge is 2.27. The first-order valence-electron chi connectivity index (χ1n) is 7.81. The summed E-state index contributed by atoms with van der Waals surface area (Å²) < 4.78 is 10.3. The standard InChI is InChI=1S/C16H23N3O4/c1-3-22-13-7-5-11(6-8-13)17-16-18-12(9-14(20)19-16)10-15(21)23-4-2/h5-8,12,16-18H,3-4,9-10H2,1-2H3,(H,19,20). The van der Waals surface area contributed by atoms with E-state index in [9.17, 15) is 9.59 Å². The summed E-state index contributed by atoms with van der Waals surface area (Å²) in [5.74, 6) is 0.375. The van der Waals surface area contributed by atoms with Gasteiger partial charge in [-0.15, -0.1) is 0 Å². The smallest absolute Gasteiger partial charge is 0.307 e. The molecule has 0 bridgehead atoms. The molecule has 7 heteroatoms. The second-order valence-corrected chi connectivity index (χ2v) is 5.18. The Hall–Kier alpha value is -2.28. The lowest BCUT2D eigenvalue weighted by molar-refractivity contribution is -0.144. The number of carbonyl (C=O) groups excluding carboxylic acids is 2. The van der Waals surface area contributed by atoms with E-state index >= 15 is 0 Å². The van der Waals surface area contributed by atoms with E-state index in [-0.39, 0.29) is 30.8 Å². The molecule has 2 rings (SSSR count). The van der Waals surface area contributed by atoms with E-state index in [0.29, 0.717) is 13.2 Å². The second kappa shape index (κ2) is 8.38. The van der Waals surface area contributed by atoms with Crippen LogP contribution in [0.1, 0.15) is 26.7 Å². The van der Waals surface area contributed by atoms with Crippen LogP contribution in [0.25, 0.3) is 0 Å². The molecule has 0 radical (unpaired) electrons. The summed E-state index contributed by atoms with van der Waals surface area (Å²) in [5.41, 5.74) is 0.836. The van der Waals surface area contributed by atoms with E-state index in [1.807, 2.05) is 31.2 Å². The number of ether oxygens (including phenoxy) is 2. The first-order valence-corrected chi connectivity index (χ1v) is 7.81. The van der Waals surface area contributed by atoms with Crippen molar-refractivity contribution in [3.05, 3.63) is 24.3 Å². The highest BCUT2D eigenvalue weighted by Crippen LogP contribution is 2.16. The van der Waals surface area contributed by atoms with Crippen molar-refractivity contribution in [2.24, 2.45) is 0 Å². The van der Waals surface area contributed by atoms with E-state index in [1.165, 1.54) is 0 Å². The maximum Gasteiger partial charge on any atom is 0.307 e. The summed E-state index contributed by atoms with van der Waals surface area (Å²) in [6, 6.07) is 7.20. The fourth-order valence-corrected chi connectivity index (χ4v) is 2.39. The van der Waals surface area contributed by atoms with Crippen molar-refractivity contribution in [3.8, 4) is 5.75 Å². The fraction of sp³-hybridized carbons (Fsp3) is 0.500. The van der Waals surface area contributed by atoms with Gasteiger partial charge in [0, 0.05) is 18.2 Å². The van der Waals surface area contributed by atoms with Gasteiger partial charge in [0.1, 0.15) is 5.75 Å². The Bertz CT molecular complexity index is 533. The minimum atomic E-state index is -0.436. The molecule has 1 amide bonds. The van der Waals surface area contributed by atoms with Crippen LogP contribution in [0, 0.1) is 0 Å². The third-order valence-electron chi connectivity index (χ3n) is 3.33. The largest absolute Gasteiger partial charge is 0.494 e. The molecular weight excluding hydrogens is 298 g/mol. The first-order chi connectivity index (χ1) is 11.1. The predicted octanol–water partition coefficient (Wildman–Crippen LogP) is 1.21. The monoisotopic (exact) mass is 321 g/mol. The predicted molar refractivity (Wildman–Crippen MR) is 86.0 cm³/mol. The van der Waals surface area contributed by atoms with Gasteiger partial charge in [0.25, 0.3) is 0 Å². The van der Waals surface area contributed by atoms with Gasteiger partial charge < -0.3 is 20.1 Å². The molecule has 1 heterocycles. The van der Waals surface area contributed by atoms with Crippen LogP contribution in [0.3, 0.4) is 0 Å². The highest BCUT2D eigenvalue weighted by atomic mass is 16.5. The number of esters is 1. The molecule has 1 saturated heterocycles. The molecule has 0 spiro atoms. The molecule has 0 aliphatic carbocycles. The zero-order valence-corrected chi connectivity index (χ0v) is 13.4. The third kappa shape index (κ3) is 5.45. The number of rotatable bonds is 7. The summed E-state index contributed by atoms with van der Waals surface area (Å²) in [5, 5.41) is 9.15. The SMILES string of the molecule is CCOC(=O)CC1CC(=O)NC(Nc2ccc(OCC)cc2)N1. The van der Waals surface area contributed by atoms with E-state index in [4.69, 9.17) is 9.47 Å². The van der Waals surface area contributed by atoms with Crippen LogP contribution in [0.4, 0.5) is 5.69 Å². The lowest BCUT2D eigenvalue weighted by Gasteiger charge is -2.32. The molecule has 1 aromatic carbocycles. The van der Waals surface area contributed by atoms with Crippen LogP contribution < -0.4 is 20.7 Å². The van der Waals surface area contributed by atoms with Crippen molar-refractivity contribution in [3.63, 3.8) is 0 Å². The number of hydrogen-bond acceptors (Lipinski definition) is 6.